The summed E-state index contributed by atoms with van der Waals surface area (Å²) < 4.78 is 0. The molecule has 2 atom stereocenters. The van der Waals surface area contributed by atoms with E-state index in [1.54, 1.807) is 0 Å². The van der Waals surface area contributed by atoms with E-state index in [4.69, 9.17) is 5.73 Å². The first kappa shape index (κ1) is 12.8. The number of hydrogen-bond donors (Lipinski definition) is 2. The summed E-state index contributed by atoms with van der Waals surface area (Å²) in [4.78, 5) is 13.2. The van der Waals surface area contributed by atoms with Gasteiger partial charge in [-0.15, -0.1) is 0 Å². The molecule has 4 heteroatoms. The van der Waals surface area contributed by atoms with E-state index in [-0.39, 0.29) is 5.91 Å². The lowest BCUT2D eigenvalue weighted by Crippen LogP contribution is -2.51. The Bertz CT molecular complexity index is 265. The molecule has 0 bridgehead atoms. The lowest BCUT2D eigenvalue weighted by molar-refractivity contribution is -0.119. The zero-order valence-electron chi connectivity index (χ0n) is 10.8. The third-order valence-corrected chi connectivity index (χ3v) is 4.03. The average molecular weight is 239 g/mol. The van der Waals surface area contributed by atoms with Crippen LogP contribution in [0.25, 0.3) is 0 Å². The highest BCUT2D eigenvalue weighted by Crippen LogP contribution is 2.26. The van der Waals surface area contributed by atoms with Crippen molar-refractivity contribution < 1.29 is 4.79 Å². The summed E-state index contributed by atoms with van der Waals surface area (Å²) in [7, 11) is 0. The van der Waals surface area contributed by atoms with Crippen LogP contribution in [0.2, 0.25) is 0 Å². The largest absolute Gasteiger partial charge is 0.369 e. The number of nitrogens with one attached hydrogen (secondary N) is 1. The topological polar surface area (TPSA) is 58.4 Å². The van der Waals surface area contributed by atoms with Crippen molar-refractivity contribution in [3.8, 4) is 0 Å². The molecule has 3 N–H and O–H groups in total. The van der Waals surface area contributed by atoms with Gasteiger partial charge < -0.3 is 11.1 Å². The second-order valence-corrected chi connectivity index (χ2v) is 5.90. The van der Waals surface area contributed by atoms with Gasteiger partial charge in [0.25, 0.3) is 0 Å². The zero-order chi connectivity index (χ0) is 12.3. The van der Waals surface area contributed by atoms with Crippen LogP contribution >= 0.6 is 0 Å². The van der Waals surface area contributed by atoms with Crippen molar-refractivity contribution in [3.05, 3.63) is 0 Å². The van der Waals surface area contributed by atoms with Crippen molar-refractivity contribution in [3.63, 3.8) is 0 Å². The monoisotopic (exact) mass is 239 g/mol. The van der Waals surface area contributed by atoms with E-state index in [9.17, 15) is 4.79 Å². The van der Waals surface area contributed by atoms with Crippen molar-refractivity contribution in [2.24, 2.45) is 17.6 Å². The molecule has 1 aliphatic carbocycles. The Morgan fingerprint density at radius 2 is 2.18 bits per heavy atom. The average Bonchev–Trinajstić information content (AvgIpc) is 2.12. The normalized spacial score (nSPS) is 31.1. The van der Waals surface area contributed by atoms with Crippen molar-refractivity contribution in [1.29, 1.82) is 0 Å². The first-order chi connectivity index (χ1) is 8.13. The van der Waals surface area contributed by atoms with Gasteiger partial charge in [0.15, 0.2) is 0 Å². The second kappa shape index (κ2) is 5.83. The summed E-state index contributed by atoms with van der Waals surface area (Å²) in [5.74, 6) is 1.34. The minimum atomic E-state index is -0.211. The van der Waals surface area contributed by atoms with E-state index in [2.05, 4.69) is 17.1 Å². The number of nitrogens with two attached hydrogens (primary N) is 1. The zero-order valence-corrected chi connectivity index (χ0v) is 10.8. The quantitative estimate of drug-likeness (QED) is 0.737. The molecule has 2 aliphatic rings. The fourth-order valence-electron chi connectivity index (χ4n) is 2.99. The van der Waals surface area contributed by atoms with Crippen LogP contribution in [-0.4, -0.2) is 43.0 Å². The van der Waals surface area contributed by atoms with Crippen LogP contribution < -0.4 is 11.1 Å². The highest BCUT2D eigenvalue weighted by molar-refractivity contribution is 5.75. The molecule has 0 aromatic rings. The molecule has 2 rings (SSSR count). The van der Waals surface area contributed by atoms with Gasteiger partial charge in [0.2, 0.25) is 5.91 Å². The third-order valence-electron chi connectivity index (χ3n) is 4.03. The maximum Gasteiger partial charge on any atom is 0.231 e. The summed E-state index contributed by atoms with van der Waals surface area (Å²) in [6, 6.07) is 0.540. The van der Waals surface area contributed by atoms with Gasteiger partial charge in [-0.05, 0) is 37.6 Å². The molecule has 0 aromatic heterocycles. The molecule has 1 aliphatic heterocycles. The number of amides is 1. The van der Waals surface area contributed by atoms with Crippen LogP contribution in [0.4, 0.5) is 0 Å². The van der Waals surface area contributed by atoms with Crippen molar-refractivity contribution >= 4 is 5.91 Å². The molecule has 2 unspecified atom stereocenters. The SMILES string of the molecule is CC1CC(NCC2CCC2)CN(CC(N)=O)C1. The predicted molar refractivity (Wildman–Crippen MR) is 68.5 cm³/mol. The molecular formula is C13H25N3O. The fraction of sp³-hybridized carbons (Fsp3) is 0.923. The molecule has 0 spiro atoms. The molecule has 98 valence electrons. The Balaban J connectivity index is 1.74. The third kappa shape index (κ3) is 3.96. The van der Waals surface area contributed by atoms with Gasteiger partial charge in [0.1, 0.15) is 0 Å². The number of primary amides is 1. The summed E-state index contributed by atoms with van der Waals surface area (Å²) in [6.07, 6.45) is 5.41. The second-order valence-electron chi connectivity index (χ2n) is 5.90. The molecule has 0 radical (unpaired) electrons. The lowest BCUT2D eigenvalue weighted by atomic mass is 9.85. The fourth-order valence-corrected chi connectivity index (χ4v) is 2.99. The van der Waals surface area contributed by atoms with Gasteiger partial charge in [-0.3, -0.25) is 9.69 Å². The van der Waals surface area contributed by atoms with Crippen LogP contribution in [0.5, 0.6) is 0 Å². The molecule has 2 fully saturated rings. The molecule has 1 amide bonds. The summed E-state index contributed by atoms with van der Waals surface area (Å²) in [5.41, 5.74) is 5.27. The minimum Gasteiger partial charge on any atom is -0.369 e. The number of likely N-dealkylation sites (tertiary alicyclic amines) is 1. The Morgan fingerprint density at radius 3 is 2.76 bits per heavy atom. The molecule has 0 aromatic carbocycles. The summed E-state index contributed by atoms with van der Waals surface area (Å²) in [6.45, 7) is 5.80. The molecule has 1 saturated carbocycles. The molecular weight excluding hydrogens is 214 g/mol. The Labute approximate surface area is 104 Å². The maximum atomic E-state index is 11.0. The van der Waals surface area contributed by atoms with Gasteiger partial charge in [-0.1, -0.05) is 13.3 Å². The van der Waals surface area contributed by atoms with E-state index in [1.807, 2.05) is 0 Å². The highest BCUT2D eigenvalue weighted by atomic mass is 16.1. The molecule has 1 heterocycles. The van der Waals surface area contributed by atoms with Gasteiger partial charge in [0.05, 0.1) is 6.54 Å². The first-order valence-corrected chi connectivity index (χ1v) is 6.87. The van der Waals surface area contributed by atoms with Crippen LogP contribution in [0.1, 0.15) is 32.6 Å². The molecule has 1 saturated heterocycles. The van der Waals surface area contributed by atoms with Crippen molar-refractivity contribution in [1.82, 2.24) is 10.2 Å². The van der Waals surface area contributed by atoms with E-state index in [0.29, 0.717) is 18.5 Å². The minimum absolute atomic E-state index is 0.211. The highest BCUT2D eigenvalue weighted by Gasteiger charge is 2.26. The Morgan fingerprint density at radius 1 is 1.41 bits per heavy atom. The van der Waals surface area contributed by atoms with E-state index in [1.165, 1.54) is 25.7 Å². The number of rotatable bonds is 5. The van der Waals surface area contributed by atoms with E-state index < -0.39 is 0 Å². The van der Waals surface area contributed by atoms with E-state index >= 15 is 0 Å². The van der Waals surface area contributed by atoms with Crippen LogP contribution in [0.3, 0.4) is 0 Å². The van der Waals surface area contributed by atoms with E-state index in [0.717, 1.165) is 25.6 Å². The van der Waals surface area contributed by atoms with Gasteiger partial charge >= 0.3 is 0 Å². The number of nitrogens with zero attached hydrogens (tertiary/aromatic N) is 1. The van der Waals surface area contributed by atoms with Crippen LogP contribution in [-0.2, 0) is 4.79 Å². The smallest absolute Gasteiger partial charge is 0.231 e. The number of hydrogen-bond acceptors (Lipinski definition) is 3. The van der Waals surface area contributed by atoms with Crippen LogP contribution in [0, 0.1) is 11.8 Å². The number of piperidine rings is 1. The lowest BCUT2D eigenvalue weighted by Gasteiger charge is -2.37. The molecule has 4 nitrogen and oxygen atoms in total. The predicted octanol–water partition coefficient (Wildman–Crippen LogP) is 0.572. The maximum absolute atomic E-state index is 11.0. The summed E-state index contributed by atoms with van der Waals surface area (Å²) in [5, 5.41) is 3.66. The Kier molecular flexibility index (Phi) is 4.40. The molecule has 17 heavy (non-hydrogen) atoms. The standard InChI is InChI=1S/C13H25N3O/c1-10-5-12(15-6-11-3-2-4-11)8-16(7-10)9-13(14)17/h10-12,15H,2-9H2,1H3,(H2,14,17). The van der Waals surface area contributed by atoms with Crippen molar-refractivity contribution in [2.75, 3.05) is 26.2 Å². The summed E-state index contributed by atoms with van der Waals surface area (Å²) >= 11 is 0. The van der Waals surface area contributed by atoms with Gasteiger partial charge in [-0.2, -0.15) is 0 Å². The number of carbonyl (C=O) groups excluding carboxylic acids is 1. The first-order valence-electron chi connectivity index (χ1n) is 6.87. The Hall–Kier alpha value is -0.610. The van der Waals surface area contributed by atoms with Gasteiger partial charge in [0, 0.05) is 19.1 Å². The number of carbonyl (C=O) groups is 1. The van der Waals surface area contributed by atoms with Gasteiger partial charge in [-0.25, -0.2) is 0 Å². The van der Waals surface area contributed by atoms with Crippen LogP contribution in [0.15, 0.2) is 0 Å². The van der Waals surface area contributed by atoms with Crippen molar-refractivity contribution in [2.45, 2.75) is 38.6 Å².